The maximum atomic E-state index is 12.2. The number of aromatic amines is 2. The SMILES string of the molecule is CC[C@@]1(C)Cc2ccccc2-c2[nH]c(=O)[nH]c(=O)c21. The number of H-pyrrole nitrogens is 2. The summed E-state index contributed by atoms with van der Waals surface area (Å²) in [5.74, 6) is 0. The first-order chi connectivity index (χ1) is 9.05. The largest absolute Gasteiger partial charge is 0.326 e. The fraction of sp³-hybridized carbons (Fsp3) is 0.333. The van der Waals surface area contributed by atoms with E-state index in [2.05, 4.69) is 29.9 Å². The molecule has 98 valence electrons. The molecular formula is C15H16N2O2. The molecule has 4 nitrogen and oxygen atoms in total. The smallest absolute Gasteiger partial charge is 0.307 e. The van der Waals surface area contributed by atoms with Gasteiger partial charge in [0.15, 0.2) is 0 Å². The lowest BCUT2D eigenvalue weighted by Crippen LogP contribution is -2.39. The highest BCUT2D eigenvalue weighted by Gasteiger charge is 2.36. The second kappa shape index (κ2) is 3.95. The molecule has 0 radical (unpaired) electrons. The van der Waals surface area contributed by atoms with Crippen molar-refractivity contribution in [2.75, 3.05) is 0 Å². The molecule has 0 spiro atoms. The molecule has 1 heterocycles. The van der Waals surface area contributed by atoms with Crippen LogP contribution in [0.1, 0.15) is 31.4 Å². The van der Waals surface area contributed by atoms with Gasteiger partial charge in [0.2, 0.25) is 0 Å². The van der Waals surface area contributed by atoms with Gasteiger partial charge >= 0.3 is 5.69 Å². The Morgan fingerprint density at radius 2 is 1.95 bits per heavy atom. The van der Waals surface area contributed by atoms with Crippen LogP contribution in [0.3, 0.4) is 0 Å². The van der Waals surface area contributed by atoms with Gasteiger partial charge in [-0.15, -0.1) is 0 Å². The van der Waals surface area contributed by atoms with Crippen molar-refractivity contribution in [2.24, 2.45) is 0 Å². The Morgan fingerprint density at radius 1 is 1.21 bits per heavy atom. The fourth-order valence-corrected chi connectivity index (χ4v) is 2.99. The van der Waals surface area contributed by atoms with Gasteiger partial charge in [0.1, 0.15) is 0 Å². The number of aromatic nitrogens is 2. The van der Waals surface area contributed by atoms with Crippen molar-refractivity contribution < 1.29 is 0 Å². The van der Waals surface area contributed by atoms with Crippen LogP contribution in [-0.4, -0.2) is 9.97 Å². The van der Waals surface area contributed by atoms with E-state index in [1.807, 2.05) is 18.2 Å². The van der Waals surface area contributed by atoms with Gasteiger partial charge in [0.05, 0.1) is 5.69 Å². The van der Waals surface area contributed by atoms with Crippen molar-refractivity contribution >= 4 is 0 Å². The summed E-state index contributed by atoms with van der Waals surface area (Å²) >= 11 is 0. The Hall–Kier alpha value is -2.10. The van der Waals surface area contributed by atoms with Gasteiger partial charge in [-0.05, 0) is 18.4 Å². The summed E-state index contributed by atoms with van der Waals surface area (Å²) in [6.45, 7) is 4.15. The topological polar surface area (TPSA) is 65.7 Å². The second-order valence-electron chi connectivity index (χ2n) is 5.41. The van der Waals surface area contributed by atoms with Crippen LogP contribution in [0.5, 0.6) is 0 Å². The summed E-state index contributed by atoms with van der Waals surface area (Å²) in [6, 6.07) is 7.94. The van der Waals surface area contributed by atoms with E-state index in [4.69, 9.17) is 0 Å². The number of fused-ring (bicyclic) bond motifs is 3. The maximum Gasteiger partial charge on any atom is 0.326 e. The quantitative estimate of drug-likeness (QED) is 0.819. The Bertz CT molecular complexity index is 757. The molecule has 1 aromatic heterocycles. The number of nitrogens with one attached hydrogen (secondary N) is 2. The molecule has 1 aliphatic rings. The van der Waals surface area contributed by atoms with E-state index in [0.717, 1.165) is 18.4 Å². The lowest BCUT2D eigenvalue weighted by molar-refractivity contribution is 0.440. The molecule has 0 bridgehead atoms. The molecule has 2 aromatic rings. The molecule has 0 amide bonds. The van der Waals surface area contributed by atoms with E-state index in [9.17, 15) is 9.59 Å². The Balaban J connectivity index is 2.44. The first kappa shape index (κ1) is 12.0. The van der Waals surface area contributed by atoms with Crippen molar-refractivity contribution in [1.29, 1.82) is 0 Å². The highest BCUT2D eigenvalue weighted by Crippen LogP contribution is 2.41. The fourth-order valence-electron chi connectivity index (χ4n) is 2.99. The zero-order valence-electron chi connectivity index (χ0n) is 11.0. The van der Waals surface area contributed by atoms with Crippen LogP contribution in [-0.2, 0) is 11.8 Å². The van der Waals surface area contributed by atoms with Gasteiger partial charge in [0.25, 0.3) is 5.56 Å². The van der Waals surface area contributed by atoms with E-state index in [1.54, 1.807) is 0 Å². The number of hydrogen-bond donors (Lipinski definition) is 2. The third-order valence-electron chi connectivity index (χ3n) is 4.19. The average Bonchev–Trinajstić information content (AvgIpc) is 2.38. The Kier molecular flexibility index (Phi) is 2.49. The van der Waals surface area contributed by atoms with E-state index in [0.29, 0.717) is 11.3 Å². The van der Waals surface area contributed by atoms with Crippen molar-refractivity contribution in [3.8, 4) is 11.3 Å². The molecule has 19 heavy (non-hydrogen) atoms. The van der Waals surface area contributed by atoms with E-state index in [1.165, 1.54) is 5.56 Å². The lowest BCUT2D eigenvalue weighted by Gasteiger charge is -2.34. The summed E-state index contributed by atoms with van der Waals surface area (Å²) in [4.78, 5) is 28.9. The normalized spacial score (nSPS) is 20.7. The van der Waals surface area contributed by atoms with Crippen molar-refractivity contribution in [2.45, 2.75) is 32.1 Å². The van der Waals surface area contributed by atoms with Crippen LogP contribution in [0.25, 0.3) is 11.3 Å². The second-order valence-corrected chi connectivity index (χ2v) is 5.41. The minimum atomic E-state index is -0.445. The standard InChI is InChI=1S/C15H16N2O2/c1-3-15(2)8-9-6-4-5-7-10(9)12-11(15)13(18)17-14(19)16-12/h4-7H,3,8H2,1-2H3,(H2,16,17,18,19)/t15-/m0/s1. The molecule has 4 heteroatoms. The van der Waals surface area contributed by atoms with E-state index >= 15 is 0 Å². The van der Waals surface area contributed by atoms with Crippen LogP contribution < -0.4 is 11.2 Å². The number of benzene rings is 1. The van der Waals surface area contributed by atoms with Crippen LogP contribution in [0, 0.1) is 0 Å². The molecule has 0 aliphatic heterocycles. The molecule has 2 N–H and O–H groups in total. The van der Waals surface area contributed by atoms with E-state index < -0.39 is 5.69 Å². The van der Waals surface area contributed by atoms with Crippen LogP contribution in [0.4, 0.5) is 0 Å². The zero-order chi connectivity index (χ0) is 13.6. The zero-order valence-corrected chi connectivity index (χ0v) is 11.0. The summed E-state index contributed by atoms with van der Waals surface area (Å²) in [7, 11) is 0. The van der Waals surface area contributed by atoms with Gasteiger partial charge in [-0.25, -0.2) is 4.79 Å². The van der Waals surface area contributed by atoms with Gasteiger partial charge in [-0.1, -0.05) is 38.1 Å². The molecule has 0 saturated carbocycles. The Morgan fingerprint density at radius 3 is 2.68 bits per heavy atom. The Labute approximate surface area is 110 Å². The molecule has 1 atom stereocenters. The average molecular weight is 256 g/mol. The highest BCUT2D eigenvalue weighted by atomic mass is 16.2. The molecule has 3 rings (SSSR count). The summed E-state index contributed by atoms with van der Waals surface area (Å²) in [6.07, 6.45) is 1.67. The first-order valence-electron chi connectivity index (χ1n) is 6.50. The molecule has 1 aromatic carbocycles. The third kappa shape index (κ3) is 1.67. The predicted molar refractivity (Wildman–Crippen MR) is 74.5 cm³/mol. The third-order valence-corrected chi connectivity index (χ3v) is 4.19. The van der Waals surface area contributed by atoms with Crippen LogP contribution >= 0.6 is 0 Å². The van der Waals surface area contributed by atoms with Gasteiger partial charge in [0, 0.05) is 16.5 Å². The summed E-state index contributed by atoms with van der Waals surface area (Å²) < 4.78 is 0. The van der Waals surface area contributed by atoms with Crippen molar-refractivity contribution in [1.82, 2.24) is 9.97 Å². The molecule has 0 unspecified atom stereocenters. The first-order valence-corrected chi connectivity index (χ1v) is 6.50. The minimum Gasteiger partial charge on any atom is -0.307 e. The van der Waals surface area contributed by atoms with Crippen LogP contribution in [0.2, 0.25) is 0 Å². The predicted octanol–water partition coefficient (Wildman–Crippen LogP) is 1.95. The van der Waals surface area contributed by atoms with Crippen LogP contribution in [0.15, 0.2) is 33.9 Å². The van der Waals surface area contributed by atoms with Crippen molar-refractivity contribution in [3.63, 3.8) is 0 Å². The van der Waals surface area contributed by atoms with Gasteiger partial charge in [-0.3, -0.25) is 9.78 Å². The van der Waals surface area contributed by atoms with E-state index in [-0.39, 0.29) is 11.0 Å². The molecule has 0 saturated heterocycles. The molecule has 0 fully saturated rings. The maximum absolute atomic E-state index is 12.2. The number of hydrogen-bond acceptors (Lipinski definition) is 2. The van der Waals surface area contributed by atoms with Gasteiger partial charge in [-0.2, -0.15) is 0 Å². The van der Waals surface area contributed by atoms with Crippen molar-refractivity contribution in [3.05, 3.63) is 56.2 Å². The summed E-state index contributed by atoms with van der Waals surface area (Å²) in [5.41, 5.74) is 2.58. The highest BCUT2D eigenvalue weighted by molar-refractivity contribution is 5.71. The minimum absolute atomic E-state index is 0.235. The summed E-state index contributed by atoms with van der Waals surface area (Å²) in [5, 5.41) is 0. The monoisotopic (exact) mass is 256 g/mol. The number of rotatable bonds is 1. The molecular weight excluding hydrogens is 240 g/mol. The molecule has 1 aliphatic carbocycles. The van der Waals surface area contributed by atoms with Gasteiger partial charge < -0.3 is 4.98 Å². The lowest BCUT2D eigenvalue weighted by atomic mass is 9.69.